The van der Waals surface area contributed by atoms with E-state index in [0.717, 1.165) is 48.4 Å². The van der Waals surface area contributed by atoms with Crippen LogP contribution in [-0.2, 0) is 13.0 Å². The zero-order valence-electron chi connectivity index (χ0n) is 18.1. The highest BCUT2D eigenvalue weighted by atomic mass is 19.1. The van der Waals surface area contributed by atoms with Crippen molar-refractivity contribution in [3.8, 4) is 11.3 Å². The van der Waals surface area contributed by atoms with Crippen molar-refractivity contribution in [2.24, 2.45) is 0 Å². The molecule has 0 fully saturated rings. The van der Waals surface area contributed by atoms with Crippen molar-refractivity contribution in [3.63, 3.8) is 0 Å². The first-order chi connectivity index (χ1) is 15.4. The maximum atomic E-state index is 14.8. The van der Waals surface area contributed by atoms with Crippen LogP contribution in [0.2, 0.25) is 0 Å². The third kappa shape index (κ3) is 3.58. The fraction of sp³-hybridized carbons (Fsp3) is 0.304. The Morgan fingerprint density at radius 2 is 1.97 bits per heavy atom. The highest BCUT2D eigenvalue weighted by molar-refractivity contribution is 5.64. The van der Waals surface area contributed by atoms with Gasteiger partial charge in [0.2, 0.25) is 5.95 Å². The number of pyridine rings is 2. The molecule has 9 heteroatoms. The van der Waals surface area contributed by atoms with Crippen molar-refractivity contribution in [1.82, 2.24) is 29.7 Å². The van der Waals surface area contributed by atoms with E-state index in [2.05, 4.69) is 30.6 Å². The number of nitrogens with zero attached hydrogens (tertiary/aromatic N) is 5. The third-order valence-corrected chi connectivity index (χ3v) is 5.62. The standard InChI is InChI=1S/C23H23F2N7/c1-12(2)21-13(3)28-22-16(24)8-15(11-32(21)22)20-17(25)10-27-23(31-20)30-19-5-4-14-9-26-7-6-18(14)29-19/h4-5,8,10-12,26H,6-7,9H2,1-3H3,(H,27,29,30,31). The van der Waals surface area contributed by atoms with Crippen LogP contribution in [0.4, 0.5) is 20.5 Å². The van der Waals surface area contributed by atoms with Crippen molar-refractivity contribution in [2.45, 2.75) is 39.7 Å². The summed E-state index contributed by atoms with van der Waals surface area (Å²) in [6.07, 6.45) is 3.59. The molecule has 2 N–H and O–H groups in total. The molecule has 4 aromatic rings. The summed E-state index contributed by atoms with van der Waals surface area (Å²) in [6.45, 7) is 7.53. The van der Waals surface area contributed by atoms with Gasteiger partial charge in [-0.25, -0.2) is 28.7 Å². The van der Waals surface area contributed by atoms with Crippen LogP contribution in [0, 0.1) is 18.6 Å². The van der Waals surface area contributed by atoms with Crippen molar-refractivity contribution < 1.29 is 8.78 Å². The Morgan fingerprint density at radius 3 is 2.78 bits per heavy atom. The maximum absolute atomic E-state index is 14.8. The Balaban J connectivity index is 1.54. The van der Waals surface area contributed by atoms with E-state index in [-0.39, 0.29) is 23.2 Å². The highest BCUT2D eigenvalue weighted by Gasteiger charge is 2.19. The van der Waals surface area contributed by atoms with Crippen molar-refractivity contribution >= 4 is 17.4 Å². The van der Waals surface area contributed by atoms with Gasteiger partial charge in [-0.15, -0.1) is 0 Å². The number of halogens is 2. The summed E-state index contributed by atoms with van der Waals surface area (Å²) in [5.41, 5.74) is 4.32. The van der Waals surface area contributed by atoms with Crippen molar-refractivity contribution in [1.29, 1.82) is 0 Å². The summed E-state index contributed by atoms with van der Waals surface area (Å²) in [5, 5.41) is 6.35. The van der Waals surface area contributed by atoms with E-state index in [1.165, 1.54) is 6.07 Å². The van der Waals surface area contributed by atoms with E-state index < -0.39 is 11.6 Å². The topological polar surface area (TPSA) is 80.0 Å². The Hall–Kier alpha value is -3.46. The molecule has 0 spiro atoms. The van der Waals surface area contributed by atoms with Gasteiger partial charge >= 0.3 is 0 Å². The number of aromatic nitrogens is 5. The van der Waals surface area contributed by atoms with Gasteiger partial charge in [0.15, 0.2) is 17.3 Å². The smallest absolute Gasteiger partial charge is 0.229 e. The molecule has 5 heterocycles. The molecule has 7 nitrogen and oxygen atoms in total. The SMILES string of the molecule is Cc1nc2c(F)cc(-c3nc(Nc4ccc5c(n4)CCNC5)ncc3F)cn2c1C(C)C. The number of nitrogens with one attached hydrogen (secondary N) is 2. The van der Waals surface area contributed by atoms with Crippen LogP contribution in [0.15, 0.2) is 30.6 Å². The maximum Gasteiger partial charge on any atom is 0.229 e. The molecular weight excluding hydrogens is 412 g/mol. The number of fused-ring (bicyclic) bond motifs is 2. The van der Waals surface area contributed by atoms with Crippen molar-refractivity contribution in [2.75, 3.05) is 11.9 Å². The summed E-state index contributed by atoms with van der Waals surface area (Å²) < 4.78 is 31.2. The molecule has 0 radical (unpaired) electrons. The molecule has 0 aliphatic carbocycles. The Kier molecular flexibility index (Phi) is 5.05. The predicted molar refractivity (Wildman–Crippen MR) is 118 cm³/mol. The molecule has 5 rings (SSSR count). The minimum Gasteiger partial charge on any atom is -0.312 e. The first-order valence-corrected chi connectivity index (χ1v) is 10.6. The van der Waals surface area contributed by atoms with Crippen LogP contribution in [0.5, 0.6) is 0 Å². The molecule has 4 aromatic heterocycles. The average Bonchev–Trinajstić information content (AvgIpc) is 3.11. The Labute approximate surface area is 184 Å². The summed E-state index contributed by atoms with van der Waals surface area (Å²) >= 11 is 0. The van der Waals surface area contributed by atoms with Gasteiger partial charge in [0.1, 0.15) is 11.5 Å². The molecule has 0 saturated heterocycles. The van der Waals surface area contributed by atoms with Crippen LogP contribution in [0.25, 0.3) is 16.9 Å². The van der Waals surface area contributed by atoms with E-state index in [1.54, 1.807) is 10.6 Å². The van der Waals surface area contributed by atoms with E-state index in [9.17, 15) is 8.78 Å². The van der Waals surface area contributed by atoms with Gasteiger partial charge in [0.05, 0.1) is 11.9 Å². The number of imidazole rings is 1. The summed E-state index contributed by atoms with van der Waals surface area (Å²) in [7, 11) is 0. The third-order valence-electron chi connectivity index (χ3n) is 5.62. The van der Waals surface area contributed by atoms with Gasteiger partial charge in [-0.2, -0.15) is 0 Å². The molecule has 32 heavy (non-hydrogen) atoms. The fourth-order valence-corrected chi connectivity index (χ4v) is 4.21. The van der Waals surface area contributed by atoms with Crippen LogP contribution >= 0.6 is 0 Å². The molecule has 0 atom stereocenters. The number of anilines is 2. The van der Waals surface area contributed by atoms with Crippen LogP contribution in [-0.4, -0.2) is 30.9 Å². The Bertz CT molecular complexity index is 1330. The van der Waals surface area contributed by atoms with Gasteiger partial charge in [-0.1, -0.05) is 19.9 Å². The second kappa shape index (κ2) is 7.90. The van der Waals surface area contributed by atoms with Crippen LogP contribution in [0.3, 0.4) is 0 Å². The average molecular weight is 435 g/mol. The second-order valence-electron chi connectivity index (χ2n) is 8.25. The molecule has 0 aromatic carbocycles. The van der Waals surface area contributed by atoms with Gasteiger partial charge in [0.25, 0.3) is 0 Å². The number of rotatable bonds is 4. The molecule has 0 unspecified atom stereocenters. The normalized spacial score (nSPS) is 13.6. The number of aryl methyl sites for hydroxylation is 1. The zero-order chi connectivity index (χ0) is 22.4. The second-order valence-corrected chi connectivity index (χ2v) is 8.25. The molecule has 0 bridgehead atoms. The highest BCUT2D eigenvalue weighted by Crippen LogP contribution is 2.28. The minimum absolute atomic E-state index is 0.00604. The molecule has 1 aliphatic heterocycles. The monoisotopic (exact) mass is 435 g/mol. The molecule has 1 aliphatic rings. The van der Waals surface area contributed by atoms with E-state index in [1.807, 2.05) is 32.9 Å². The molecule has 0 saturated carbocycles. The molecule has 0 amide bonds. The van der Waals surface area contributed by atoms with E-state index >= 15 is 0 Å². The number of hydrogen-bond acceptors (Lipinski definition) is 6. The quantitative estimate of drug-likeness (QED) is 0.498. The van der Waals surface area contributed by atoms with Crippen LogP contribution in [0.1, 0.15) is 42.4 Å². The van der Waals surface area contributed by atoms with E-state index in [0.29, 0.717) is 11.4 Å². The first kappa shape index (κ1) is 20.4. The zero-order valence-corrected chi connectivity index (χ0v) is 18.1. The van der Waals surface area contributed by atoms with Gasteiger partial charge in [-0.3, -0.25) is 0 Å². The minimum atomic E-state index is -0.637. The Morgan fingerprint density at radius 1 is 1.12 bits per heavy atom. The first-order valence-electron chi connectivity index (χ1n) is 10.6. The fourth-order valence-electron chi connectivity index (χ4n) is 4.21. The molecule has 164 valence electrons. The number of hydrogen-bond donors (Lipinski definition) is 2. The lowest BCUT2D eigenvalue weighted by Gasteiger charge is -2.17. The van der Waals surface area contributed by atoms with Crippen LogP contribution < -0.4 is 10.6 Å². The lowest BCUT2D eigenvalue weighted by molar-refractivity contribution is 0.615. The van der Waals surface area contributed by atoms with Crippen molar-refractivity contribution in [3.05, 3.63) is 64.9 Å². The lowest BCUT2D eigenvalue weighted by Crippen LogP contribution is -2.24. The largest absolute Gasteiger partial charge is 0.312 e. The summed E-state index contributed by atoms with van der Waals surface area (Å²) in [4.78, 5) is 17.3. The molecular formula is C23H23F2N7. The summed E-state index contributed by atoms with van der Waals surface area (Å²) in [6, 6.07) is 5.09. The van der Waals surface area contributed by atoms with Gasteiger partial charge < -0.3 is 15.0 Å². The predicted octanol–water partition coefficient (Wildman–Crippen LogP) is 4.29. The summed E-state index contributed by atoms with van der Waals surface area (Å²) in [5.74, 6) is -0.277. The van der Waals surface area contributed by atoms with Gasteiger partial charge in [0, 0.05) is 42.7 Å². The lowest BCUT2D eigenvalue weighted by atomic mass is 10.1. The van der Waals surface area contributed by atoms with E-state index in [4.69, 9.17) is 0 Å². The van der Waals surface area contributed by atoms with Gasteiger partial charge in [-0.05, 0) is 30.5 Å².